The number of carbonyl (C=O) groups is 2. The van der Waals surface area contributed by atoms with Gasteiger partial charge in [0, 0.05) is 20.3 Å². The van der Waals surface area contributed by atoms with E-state index in [0.717, 1.165) is 0 Å². The summed E-state index contributed by atoms with van der Waals surface area (Å²) in [5.74, 6) is 10.1. The number of rotatable bonds is 3. The second kappa shape index (κ2) is 10.3. The minimum atomic E-state index is -0.353. The van der Waals surface area contributed by atoms with E-state index in [-0.39, 0.29) is 18.5 Å². The van der Waals surface area contributed by atoms with Gasteiger partial charge in [0.05, 0.1) is 0 Å². The summed E-state index contributed by atoms with van der Waals surface area (Å²) < 4.78 is 9.27. The first-order chi connectivity index (χ1) is 8.13. The topological polar surface area (TPSA) is 52.6 Å². The molecular formula is C13H14O4. The molecule has 90 valence electrons. The van der Waals surface area contributed by atoms with E-state index in [9.17, 15) is 9.59 Å². The van der Waals surface area contributed by atoms with Gasteiger partial charge in [-0.3, -0.25) is 9.59 Å². The molecule has 4 heteroatoms. The van der Waals surface area contributed by atoms with E-state index in [4.69, 9.17) is 0 Å². The van der Waals surface area contributed by atoms with Crippen molar-refractivity contribution < 1.29 is 19.1 Å². The largest absolute Gasteiger partial charge is 0.465 e. The molecule has 0 aliphatic rings. The minimum Gasteiger partial charge on any atom is -0.465 e. The Morgan fingerprint density at radius 2 is 1.59 bits per heavy atom. The van der Waals surface area contributed by atoms with E-state index < -0.39 is 0 Å². The maximum absolute atomic E-state index is 10.4. The number of hydrogen-bond acceptors (Lipinski definition) is 4. The van der Waals surface area contributed by atoms with Gasteiger partial charge >= 0.3 is 11.9 Å². The third-order valence-electron chi connectivity index (χ3n) is 1.33. The Morgan fingerprint density at radius 1 is 1.00 bits per heavy atom. The molecule has 4 nitrogen and oxygen atoms in total. The fourth-order valence-electron chi connectivity index (χ4n) is 0.699. The van der Waals surface area contributed by atoms with Gasteiger partial charge in [0.2, 0.25) is 0 Å². The van der Waals surface area contributed by atoms with Crippen LogP contribution in [0.5, 0.6) is 0 Å². The normalized spacial score (nSPS) is 8.59. The molecule has 0 heterocycles. The molecule has 0 aliphatic heterocycles. The average Bonchev–Trinajstić information content (AvgIpc) is 2.25. The van der Waals surface area contributed by atoms with Gasteiger partial charge in [0.25, 0.3) is 0 Å². The van der Waals surface area contributed by atoms with Crippen LogP contribution in [0.25, 0.3) is 0 Å². The third kappa shape index (κ3) is 13.8. The smallest absolute Gasteiger partial charge is 0.303 e. The molecule has 0 radical (unpaired) electrons. The van der Waals surface area contributed by atoms with Crippen molar-refractivity contribution in [3.63, 3.8) is 0 Å². The minimum absolute atomic E-state index is 0.0829. The molecule has 0 unspecified atom stereocenters. The van der Waals surface area contributed by atoms with Crippen LogP contribution in [0.2, 0.25) is 0 Å². The molecule has 17 heavy (non-hydrogen) atoms. The molecule has 0 aromatic carbocycles. The van der Waals surface area contributed by atoms with Crippen LogP contribution in [0.15, 0.2) is 12.2 Å². The molecule has 0 N–H and O–H groups in total. The predicted octanol–water partition coefficient (Wildman–Crippen LogP) is 1.07. The highest BCUT2D eigenvalue weighted by molar-refractivity contribution is 5.66. The van der Waals surface area contributed by atoms with E-state index in [1.165, 1.54) is 13.8 Å². The van der Waals surface area contributed by atoms with Crippen LogP contribution in [0.1, 0.15) is 20.3 Å². The summed E-state index contributed by atoms with van der Waals surface area (Å²) >= 11 is 0. The molecule has 0 aromatic heterocycles. The standard InChI is InChI=1S/C13H14O4/c1-12(14)16-10-8-6-4-3-5-7-9-11-17-13(2)15/h3-4H,9-11H2,1-2H3/b4-3-. The summed E-state index contributed by atoms with van der Waals surface area (Å²) in [6, 6.07) is 0. The molecule has 0 bridgehead atoms. The molecule has 0 saturated carbocycles. The van der Waals surface area contributed by atoms with Gasteiger partial charge in [-0.25, -0.2) is 0 Å². The first-order valence-electron chi connectivity index (χ1n) is 5.01. The Balaban J connectivity index is 3.62. The van der Waals surface area contributed by atoms with Crippen LogP contribution in [-0.4, -0.2) is 25.2 Å². The summed E-state index contributed by atoms with van der Waals surface area (Å²) in [5, 5.41) is 0. The van der Waals surface area contributed by atoms with Gasteiger partial charge in [0.1, 0.15) is 6.61 Å². The highest BCUT2D eigenvalue weighted by Crippen LogP contribution is 1.81. The second-order valence-electron chi connectivity index (χ2n) is 2.85. The zero-order valence-electron chi connectivity index (χ0n) is 9.91. The SMILES string of the molecule is CC(=O)OCC#C/C=C\C#CCCOC(C)=O. The van der Waals surface area contributed by atoms with Crippen molar-refractivity contribution in [2.45, 2.75) is 20.3 Å². The van der Waals surface area contributed by atoms with Crippen LogP contribution in [0, 0.1) is 23.7 Å². The average molecular weight is 234 g/mol. The van der Waals surface area contributed by atoms with E-state index in [2.05, 4.69) is 33.2 Å². The predicted molar refractivity (Wildman–Crippen MR) is 62.6 cm³/mol. The molecule has 0 aromatic rings. The lowest BCUT2D eigenvalue weighted by Gasteiger charge is -1.94. The van der Waals surface area contributed by atoms with Gasteiger partial charge in [-0.2, -0.15) is 0 Å². The van der Waals surface area contributed by atoms with Crippen molar-refractivity contribution in [2.24, 2.45) is 0 Å². The first kappa shape index (κ1) is 14.8. The van der Waals surface area contributed by atoms with E-state index in [1.807, 2.05) is 0 Å². The summed E-state index contributed by atoms with van der Waals surface area (Å²) in [5.41, 5.74) is 0. The summed E-state index contributed by atoms with van der Waals surface area (Å²) in [4.78, 5) is 20.7. The van der Waals surface area contributed by atoms with E-state index >= 15 is 0 Å². The second-order valence-corrected chi connectivity index (χ2v) is 2.85. The van der Waals surface area contributed by atoms with E-state index in [1.54, 1.807) is 12.2 Å². The fourth-order valence-corrected chi connectivity index (χ4v) is 0.699. The molecule has 0 aliphatic carbocycles. The van der Waals surface area contributed by atoms with Crippen LogP contribution in [-0.2, 0) is 19.1 Å². The van der Waals surface area contributed by atoms with Crippen molar-refractivity contribution in [2.75, 3.05) is 13.2 Å². The summed E-state index contributed by atoms with van der Waals surface area (Å²) in [7, 11) is 0. The Hall–Kier alpha value is -2.20. The van der Waals surface area contributed by atoms with Crippen molar-refractivity contribution in [1.82, 2.24) is 0 Å². The number of esters is 2. The molecule has 0 spiro atoms. The Labute approximate surface area is 101 Å². The number of hydrogen-bond donors (Lipinski definition) is 0. The van der Waals surface area contributed by atoms with Crippen molar-refractivity contribution in [3.8, 4) is 23.7 Å². The molecule has 0 fully saturated rings. The molecule has 0 rings (SSSR count). The van der Waals surface area contributed by atoms with Gasteiger partial charge in [-0.1, -0.05) is 23.7 Å². The van der Waals surface area contributed by atoms with Gasteiger partial charge in [-0.15, -0.1) is 0 Å². The van der Waals surface area contributed by atoms with Crippen molar-refractivity contribution in [1.29, 1.82) is 0 Å². The Morgan fingerprint density at radius 3 is 2.18 bits per heavy atom. The fraction of sp³-hybridized carbons (Fsp3) is 0.385. The van der Waals surface area contributed by atoms with Gasteiger partial charge < -0.3 is 9.47 Å². The lowest BCUT2D eigenvalue weighted by atomic mass is 10.4. The van der Waals surface area contributed by atoms with Crippen LogP contribution < -0.4 is 0 Å². The molecule has 0 atom stereocenters. The lowest BCUT2D eigenvalue weighted by Crippen LogP contribution is -1.98. The maximum atomic E-state index is 10.4. The maximum Gasteiger partial charge on any atom is 0.303 e. The first-order valence-corrected chi connectivity index (χ1v) is 5.01. The molecule has 0 saturated heterocycles. The lowest BCUT2D eigenvalue weighted by molar-refractivity contribution is -0.141. The van der Waals surface area contributed by atoms with Crippen LogP contribution >= 0.6 is 0 Å². The highest BCUT2D eigenvalue weighted by Gasteiger charge is 1.87. The van der Waals surface area contributed by atoms with Gasteiger partial charge in [0.15, 0.2) is 6.61 Å². The van der Waals surface area contributed by atoms with E-state index in [0.29, 0.717) is 13.0 Å². The van der Waals surface area contributed by atoms with Gasteiger partial charge in [-0.05, 0) is 12.2 Å². The highest BCUT2D eigenvalue weighted by atomic mass is 16.5. The zero-order chi connectivity index (χ0) is 12.9. The molecular weight excluding hydrogens is 220 g/mol. The van der Waals surface area contributed by atoms with Crippen LogP contribution in [0.3, 0.4) is 0 Å². The van der Waals surface area contributed by atoms with Crippen molar-refractivity contribution >= 4 is 11.9 Å². The Kier molecular flexibility index (Phi) is 8.99. The summed E-state index contributed by atoms with van der Waals surface area (Å²) in [6.45, 7) is 3.06. The zero-order valence-corrected chi connectivity index (χ0v) is 9.91. The molecule has 0 amide bonds. The Bertz CT molecular complexity index is 399. The number of ether oxygens (including phenoxy) is 2. The van der Waals surface area contributed by atoms with Crippen molar-refractivity contribution in [3.05, 3.63) is 12.2 Å². The number of allylic oxidation sites excluding steroid dienone is 2. The number of carbonyl (C=O) groups excluding carboxylic acids is 2. The quantitative estimate of drug-likeness (QED) is 0.416. The van der Waals surface area contributed by atoms with Crippen LogP contribution in [0.4, 0.5) is 0 Å². The monoisotopic (exact) mass is 234 g/mol. The summed E-state index contributed by atoms with van der Waals surface area (Å²) in [6.07, 6.45) is 3.63. The third-order valence-corrected chi connectivity index (χ3v) is 1.33.